The molecule has 0 spiro atoms. The Bertz CT molecular complexity index is 1450. The molecule has 0 bridgehead atoms. The third kappa shape index (κ3) is 8.13. The highest BCUT2D eigenvalue weighted by molar-refractivity contribution is 7.91. The molecule has 1 N–H and O–H groups in total. The molecule has 226 valence electrons. The molecule has 0 radical (unpaired) electrons. The number of fused-ring (bicyclic) bond motifs is 1. The van der Waals surface area contributed by atoms with Crippen molar-refractivity contribution in [1.82, 2.24) is 20.2 Å². The molecule has 1 aliphatic rings. The molecular formula is C27H35F3N4O4S3. The van der Waals surface area contributed by atoms with Gasteiger partial charge in [0.15, 0.2) is 14.8 Å². The lowest BCUT2D eigenvalue weighted by molar-refractivity contribution is -0.137. The van der Waals surface area contributed by atoms with Crippen LogP contribution in [0.1, 0.15) is 70.4 Å². The van der Waals surface area contributed by atoms with Crippen LogP contribution < -0.4 is 5.32 Å². The summed E-state index contributed by atoms with van der Waals surface area (Å²) < 4.78 is 69.2. The van der Waals surface area contributed by atoms with Gasteiger partial charge in [0, 0.05) is 36.2 Å². The Kier molecular flexibility index (Phi) is 10.2. The zero-order valence-electron chi connectivity index (χ0n) is 23.0. The minimum absolute atomic E-state index is 0. The highest BCUT2D eigenvalue weighted by Gasteiger charge is 2.35. The van der Waals surface area contributed by atoms with Crippen LogP contribution in [0.25, 0.3) is 0 Å². The molecule has 0 aromatic carbocycles. The Hall–Kier alpha value is -2.39. The van der Waals surface area contributed by atoms with Gasteiger partial charge in [0.1, 0.15) is 0 Å². The SMILES string of the molecule is CCS(=O)(=O)c1ccc(CNC(=O)c2cc3c(s2)CCCN(C(C)c2cnc(C(F)(F)F)s2)CCO[C@@H](C)C3)nc1.[HH]. The molecule has 0 aliphatic carbocycles. The number of alkyl halides is 3. The van der Waals surface area contributed by atoms with Crippen molar-refractivity contribution in [3.63, 3.8) is 0 Å². The number of nitrogens with zero attached hydrogens (tertiary/aromatic N) is 3. The van der Waals surface area contributed by atoms with E-state index < -0.39 is 21.0 Å². The fourth-order valence-electron chi connectivity index (χ4n) is 4.56. The van der Waals surface area contributed by atoms with E-state index in [0.717, 1.165) is 23.3 Å². The summed E-state index contributed by atoms with van der Waals surface area (Å²) in [6.45, 7) is 7.28. The van der Waals surface area contributed by atoms with Gasteiger partial charge < -0.3 is 10.1 Å². The summed E-state index contributed by atoms with van der Waals surface area (Å²) in [4.78, 5) is 25.2. The largest absolute Gasteiger partial charge is 0.443 e. The maximum Gasteiger partial charge on any atom is 0.443 e. The molecule has 1 unspecified atom stereocenters. The molecule has 8 nitrogen and oxygen atoms in total. The Labute approximate surface area is 247 Å². The van der Waals surface area contributed by atoms with Crippen molar-refractivity contribution in [2.75, 3.05) is 25.4 Å². The van der Waals surface area contributed by atoms with E-state index in [0.29, 0.717) is 52.9 Å². The van der Waals surface area contributed by atoms with Gasteiger partial charge in [-0.3, -0.25) is 14.7 Å². The van der Waals surface area contributed by atoms with E-state index in [1.165, 1.54) is 29.8 Å². The number of hydrogen-bond donors (Lipinski definition) is 1. The molecular weight excluding hydrogens is 598 g/mol. The van der Waals surface area contributed by atoms with Gasteiger partial charge in [-0.25, -0.2) is 13.4 Å². The molecule has 0 saturated heterocycles. The predicted octanol–water partition coefficient (Wildman–Crippen LogP) is 5.55. The summed E-state index contributed by atoms with van der Waals surface area (Å²) in [6.07, 6.45) is 0.213. The van der Waals surface area contributed by atoms with E-state index in [4.69, 9.17) is 4.74 Å². The van der Waals surface area contributed by atoms with E-state index in [-0.39, 0.29) is 36.7 Å². The summed E-state index contributed by atoms with van der Waals surface area (Å²) >= 11 is 2.10. The average molecular weight is 633 g/mol. The summed E-state index contributed by atoms with van der Waals surface area (Å²) in [5.74, 6) is -0.250. The lowest BCUT2D eigenvalue weighted by Gasteiger charge is -2.28. The van der Waals surface area contributed by atoms with Crippen LogP contribution in [0.15, 0.2) is 35.5 Å². The van der Waals surface area contributed by atoms with Crippen molar-refractivity contribution in [2.24, 2.45) is 0 Å². The summed E-state index contributed by atoms with van der Waals surface area (Å²) in [5.41, 5.74) is 1.60. The molecule has 14 heteroatoms. The number of carbonyl (C=O) groups excluding carboxylic acids is 1. The van der Waals surface area contributed by atoms with Crippen LogP contribution >= 0.6 is 22.7 Å². The number of aromatic nitrogens is 2. The van der Waals surface area contributed by atoms with E-state index in [1.807, 2.05) is 19.9 Å². The second-order valence-electron chi connectivity index (χ2n) is 9.90. The maximum absolute atomic E-state index is 13.1. The van der Waals surface area contributed by atoms with Crippen molar-refractivity contribution in [3.05, 3.63) is 61.5 Å². The van der Waals surface area contributed by atoms with Crippen LogP contribution in [0.5, 0.6) is 0 Å². The lowest BCUT2D eigenvalue weighted by atomic mass is 10.1. The second kappa shape index (κ2) is 13.3. The van der Waals surface area contributed by atoms with Gasteiger partial charge in [0.25, 0.3) is 5.91 Å². The average Bonchev–Trinajstić information content (AvgIpc) is 3.58. The highest BCUT2D eigenvalue weighted by atomic mass is 32.2. The molecule has 41 heavy (non-hydrogen) atoms. The highest BCUT2D eigenvalue weighted by Crippen LogP contribution is 2.36. The zero-order chi connectivity index (χ0) is 29.8. The fourth-order valence-corrected chi connectivity index (χ4v) is 7.40. The first-order valence-corrected chi connectivity index (χ1v) is 16.6. The van der Waals surface area contributed by atoms with Gasteiger partial charge in [0.2, 0.25) is 0 Å². The van der Waals surface area contributed by atoms with Crippen molar-refractivity contribution < 1.29 is 32.5 Å². The van der Waals surface area contributed by atoms with Crippen LogP contribution in [-0.4, -0.2) is 60.7 Å². The first kappa shape index (κ1) is 31.5. The summed E-state index contributed by atoms with van der Waals surface area (Å²) in [6, 6.07) is 4.74. The Balaban J connectivity index is 0.00000484. The standard InChI is InChI=1S/C27H33F3N4O4S3.H2/c1-4-41(36,37)21-8-7-20(31-15-21)14-32-25(35)23-13-19-12-17(2)38-11-10-34(9-5-6-22(19)39-23)18(3)24-16-33-26(40-24)27(28,29)30;/h7-8,13,15-18H,4-6,9-12,14H2,1-3H3,(H,32,35);1H/t17-,18?;/m0./s1. The van der Waals surface area contributed by atoms with Crippen LogP contribution in [-0.2, 0) is 40.1 Å². The third-order valence-electron chi connectivity index (χ3n) is 6.95. The number of thiophene rings is 1. The molecule has 4 rings (SSSR count). The van der Waals surface area contributed by atoms with Gasteiger partial charge in [-0.1, -0.05) is 6.92 Å². The molecule has 0 fully saturated rings. The molecule has 2 atom stereocenters. The Morgan fingerprint density at radius 1 is 1.24 bits per heavy atom. The Morgan fingerprint density at radius 3 is 2.68 bits per heavy atom. The van der Waals surface area contributed by atoms with Gasteiger partial charge >= 0.3 is 6.18 Å². The number of hydrogen-bond acceptors (Lipinski definition) is 9. The number of pyridine rings is 1. The molecule has 1 amide bonds. The molecule has 4 heterocycles. The van der Waals surface area contributed by atoms with Crippen molar-refractivity contribution >= 4 is 38.4 Å². The number of halogens is 3. The topological polar surface area (TPSA) is 101 Å². The van der Waals surface area contributed by atoms with E-state index >= 15 is 0 Å². The maximum atomic E-state index is 13.1. The number of thiazole rings is 1. The molecule has 3 aromatic heterocycles. The minimum atomic E-state index is -4.46. The zero-order valence-corrected chi connectivity index (χ0v) is 25.5. The fraction of sp³-hybridized carbons (Fsp3) is 0.519. The predicted molar refractivity (Wildman–Crippen MR) is 154 cm³/mol. The first-order valence-electron chi connectivity index (χ1n) is 13.3. The summed E-state index contributed by atoms with van der Waals surface area (Å²) in [7, 11) is -3.34. The second-order valence-corrected chi connectivity index (χ2v) is 14.4. The normalized spacial score (nSPS) is 18.3. The number of carbonyl (C=O) groups is 1. The number of nitrogens with one attached hydrogen (secondary N) is 1. The number of ether oxygens (including phenoxy) is 1. The van der Waals surface area contributed by atoms with Gasteiger partial charge in [-0.15, -0.1) is 22.7 Å². The summed E-state index contributed by atoms with van der Waals surface area (Å²) in [5, 5.41) is 2.02. The minimum Gasteiger partial charge on any atom is -0.377 e. The van der Waals surface area contributed by atoms with Crippen LogP contribution in [0.4, 0.5) is 13.2 Å². The van der Waals surface area contributed by atoms with Crippen molar-refractivity contribution in [1.29, 1.82) is 0 Å². The van der Waals surface area contributed by atoms with Gasteiger partial charge in [-0.05, 0) is 63.4 Å². The smallest absolute Gasteiger partial charge is 0.377 e. The monoisotopic (exact) mass is 632 g/mol. The van der Waals surface area contributed by atoms with E-state index in [1.54, 1.807) is 13.0 Å². The molecule has 3 aromatic rings. The molecule has 1 aliphatic heterocycles. The number of rotatable bonds is 7. The molecule has 0 saturated carbocycles. The lowest BCUT2D eigenvalue weighted by Crippen LogP contribution is -2.32. The number of aryl methyl sites for hydroxylation is 1. The van der Waals surface area contributed by atoms with Gasteiger partial charge in [-0.2, -0.15) is 13.2 Å². The van der Waals surface area contributed by atoms with Crippen molar-refractivity contribution in [2.45, 2.75) is 69.8 Å². The van der Waals surface area contributed by atoms with E-state index in [9.17, 15) is 26.4 Å². The Morgan fingerprint density at radius 2 is 2.02 bits per heavy atom. The van der Waals surface area contributed by atoms with Gasteiger partial charge in [0.05, 0.1) is 40.5 Å². The van der Waals surface area contributed by atoms with E-state index in [2.05, 4.69) is 20.2 Å². The quantitative estimate of drug-likeness (QED) is 0.365. The van der Waals surface area contributed by atoms with Crippen LogP contribution in [0.3, 0.4) is 0 Å². The van der Waals surface area contributed by atoms with Crippen molar-refractivity contribution in [3.8, 4) is 0 Å². The third-order valence-corrected chi connectivity index (χ3v) is 11.1. The van der Waals surface area contributed by atoms with Crippen LogP contribution in [0, 0.1) is 0 Å². The number of amides is 1. The van der Waals surface area contributed by atoms with Crippen LogP contribution in [0.2, 0.25) is 0 Å². The number of sulfone groups is 1. The first-order chi connectivity index (χ1) is 19.4.